The van der Waals surface area contributed by atoms with Crippen molar-refractivity contribution in [1.29, 1.82) is 0 Å². The minimum absolute atomic E-state index is 0.0506. The monoisotopic (exact) mass is 351 g/mol. The second-order valence-corrected chi connectivity index (χ2v) is 6.37. The number of benzene rings is 1. The molecule has 132 valence electrons. The molecular weight excluding hydrogens is 327 g/mol. The molecule has 0 aromatic heterocycles. The van der Waals surface area contributed by atoms with Crippen molar-refractivity contribution in [3.63, 3.8) is 0 Å². The number of methoxy groups -OCH3 is 2. The summed E-state index contributed by atoms with van der Waals surface area (Å²) in [6.45, 7) is 2.02. The van der Waals surface area contributed by atoms with Crippen molar-refractivity contribution in [2.75, 3.05) is 20.0 Å². The average molecular weight is 351 g/mol. The number of hydrogen-bond donors (Lipinski definition) is 1. The average Bonchev–Trinajstić information content (AvgIpc) is 2.50. The lowest BCUT2D eigenvalue weighted by Crippen LogP contribution is -2.21. The summed E-state index contributed by atoms with van der Waals surface area (Å²) in [5.41, 5.74) is 6.96. The van der Waals surface area contributed by atoms with Gasteiger partial charge in [0.15, 0.2) is 0 Å². The molecule has 0 heterocycles. The number of halogens is 3. The van der Waals surface area contributed by atoms with Gasteiger partial charge in [-0.25, -0.2) is 0 Å². The maximum Gasteiger partial charge on any atom is 0.389 e. The van der Waals surface area contributed by atoms with Gasteiger partial charge in [0.1, 0.15) is 11.5 Å². The third kappa shape index (κ3) is 6.91. The molecule has 0 fully saturated rings. The summed E-state index contributed by atoms with van der Waals surface area (Å²) in [6, 6.07) is 3.81. The largest absolute Gasteiger partial charge is 0.495 e. The number of hydrogen-bond acceptors (Lipinski definition) is 4. The van der Waals surface area contributed by atoms with Crippen molar-refractivity contribution < 1.29 is 22.6 Å². The second kappa shape index (κ2) is 9.27. The zero-order valence-electron chi connectivity index (χ0n) is 13.7. The lowest BCUT2D eigenvalue weighted by Gasteiger charge is -2.16. The Hall–Kier alpha value is -1.08. The highest BCUT2D eigenvalue weighted by Gasteiger charge is 2.26. The van der Waals surface area contributed by atoms with Crippen LogP contribution >= 0.6 is 11.8 Å². The Morgan fingerprint density at radius 2 is 1.74 bits per heavy atom. The Morgan fingerprint density at radius 1 is 1.17 bits per heavy atom. The van der Waals surface area contributed by atoms with Crippen LogP contribution in [0.1, 0.15) is 31.7 Å². The molecule has 1 unspecified atom stereocenters. The van der Waals surface area contributed by atoms with Crippen LogP contribution in [0.2, 0.25) is 0 Å². The second-order valence-electron chi connectivity index (χ2n) is 5.27. The Kier molecular flexibility index (Phi) is 8.05. The predicted molar refractivity (Wildman–Crippen MR) is 87.5 cm³/mol. The number of ether oxygens (including phenoxy) is 2. The molecule has 7 heteroatoms. The van der Waals surface area contributed by atoms with Gasteiger partial charge in [-0.2, -0.15) is 13.2 Å². The maximum absolute atomic E-state index is 12.2. The number of alkyl halides is 3. The Balaban J connectivity index is 2.84. The van der Waals surface area contributed by atoms with Crippen LogP contribution in [-0.4, -0.2) is 32.2 Å². The van der Waals surface area contributed by atoms with Crippen molar-refractivity contribution in [1.82, 2.24) is 0 Å². The van der Waals surface area contributed by atoms with Gasteiger partial charge in [-0.3, -0.25) is 0 Å². The molecule has 0 bridgehead atoms. The van der Waals surface area contributed by atoms with Crippen molar-refractivity contribution in [2.24, 2.45) is 5.73 Å². The molecule has 2 N–H and O–H groups in total. The third-order valence-electron chi connectivity index (χ3n) is 3.39. The van der Waals surface area contributed by atoms with E-state index < -0.39 is 12.6 Å². The highest BCUT2D eigenvalue weighted by Crippen LogP contribution is 2.40. The van der Waals surface area contributed by atoms with Gasteiger partial charge in [0.2, 0.25) is 0 Å². The van der Waals surface area contributed by atoms with E-state index in [2.05, 4.69) is 0 Å². The molecule has 1 aromatic carbocycles. The molecule has 1 atom stereocenters. The van der Waals surface area contributed by atoms with Crippen LogP contribution in [-0.2, 0) is 6.42 Å². The summed E-state index contributed by atoms with van der Waals surface area (Å²) in [7, 11) is 3.08. The van der Waals surface area contributed by atoms with Crippen molar-refractivity contribution in [3.05, 3.63) is 17.7 Å². The minimum atomic E-state index is -4.12. The van der Waals surface area contributed by atoms with Crippen molar-refractivity contribution in [2.45, 2.75) is 49.7 Å². The Labute approximate surface area is 139 Å². The van der Waals surface area contributed by atoms with Gasteiger partial charge >= 0.3 is 6.18 Å². The van der Waals surface area contributed by atoms with Gasteiger partial charge in [-0.1, -0.05) is 6.92 Å². The van der Waals surface area contributed by atoms with Crippen LogP contribution in [0, 0.1) is 0 Å². The summed E-state index contributed by atoms with van der Waals surface area (Å²) >= 11 is 1.32. The maximum atomic E-state index is 12.2. The standard InChI is InChI=1S/C16H24F3NO2S/c1-4-12(20)8-11-9-13(21-2)15(14(10-11)22-3)23-7-5-6-16(17,18)19/h9-10,12H,4-8,20H2,1-3H3. The molecule has 23 heavy (non-hydrogen) atoms. The molecule has 0 aliphatic heterocycles. The first kappa shape index (κ1) is 20.0. The molecule has 0 aliphatic rings. The zero-order chi connectivity index (χ0) is 17.5. The topological polar surface area (TPSA) is 44.5 Å². The van der Waals surface area contributed by atoms with Crippen LogP contribution in [0.4, 0.5) is 13.2 Å². The summed E-state index contributed by atoms with van der Waals surface area (Å²) in [6.07, 6.45) is -3.29. The predicted octanol–water partition coefficient (Wildman–Crippen LogP) is 4.42. The van der Waals surface area contributed by atoms with E-state index in [9.17, 15) is 13.2 Å². The molecule has 0 saturated carbocycles. The van der Waals surface area contributed by atoms with E-state index in [1.807, 2.05) is 19.1 Å². The highest BCUT2D eigenvalue weighted by molar-refractivity contribution is 7.99. The highest BCUT2D eigenvalue weighted by atomic mass is 32.2. The van der Waals surface area contributed by atoms with E-state index in [0.717, 1.165) is 16.9 Å². The number of nitrogens with two attached hydrogens (primary N) is 1. The Bertz CT molecular complexity index is 470. The summed E-state index contributed by atoms with van der Waals surface area (Å²) in [4.78, 5) is 0.728. The SMILES string of the molecule is CCC(N)Cc1cc(OC)c(SCCCC(F)(F)F)c(OC)c1. The quantitative estimate of drug-likeness (QED) is 0.528. The van der Waals surface area contributed by atoms with Gasteiger partial charge in [-0.15, -0.1) is 11.8 Å². The van der Waals surface area contributed by atoms with E-state index in [0.29, 0.717) is 23.7 Å². The van der Waals surface area contributed by atoms with Crippen LogP contribution in [0.15, 0.2) is 17.0 Å². The molecule has 0 aliphatic carbocycles. The first-order chi connectivity index (χ1) is 10.8. The van der Waals surface area contributed by atoms with E-state index in [4.69, 9.17) is 15.2 Å². The van der Waals surface area contributed by atoms with E-state index >= 15 is 0 Å². The molecule has 0 spiro atoms. The summed E-state index contributed by atoms with van der Waals surface area (Å²) < 4.78 is 47.4. The van der Waals surface area contributed by atoms with Gasteiger partial charge < -0.3 is 15.2 Å². The van der Waals surface area contributed by atoms with Crippen molar-refractivity contribution in [3.8, 4) is 11.5 Å². The summed E-state index contributed by atoms with van der Waals surface area (Å²) in [5, 5.41) is 0. The molecule has 0 amide bonds. The fourth-order valence-electron chi connectivity index (χ4n) is 2.09. The van der Waals surface area contributed by atoms with Crippen LogP contribution < -0.4 is 15.2 Å². The van der Waals surface area contributed by atoms with Gasteiger partial charge in [0.05, 0.1) is 19.1 Å². The van der Waals surface area contributed by atoms with Gasteiger partial charge in [0.25, 0.3) is 0 Å². The smallest absolute Gasteiger partial charge is 0.389 e. The molecule has 0 saturated heterocycles. The number of thioether (sulfide) groups is 1. The Morgan fingerprint density at radius 3 is 2.17 bits per heavy atom. The van der Waals surface area contributed by atoms with Gasteiger partial charge in [0, 0.05) is 12.5 Å². The summed E-state index contributed by atoms with van der Waals surface area (Å²) in [5.74, 6) is 1.57. The van der Waals surface area contributed by atoms with Gasteiger partial charge in [-0.05, 0) is 42.7 Å². The molecule has 1 rings (SSSR count). The van der Waals surface area contributed by atoms with E-state index in [-0.39, 0.29) is 12.5 Å². The minimum Gasteiger partial charge on any atom is -0.495 e. The molecule has 0 radical (unpaired) electrons. The number of rotatable bonds is 9. The normalized spacial score (nSPS) is 13.0. The van der Waals surface area contributed by atoms with Crippen LogP contribution in [0.5, 0.6) is 11.5 Å². The van der Waals surface area contributed by atoms with Crippen molar-refractivity contribution >= 4 is 11.8 Å². The fraction of sp³-hybridized carbons (Fsp3) is 0.625. The van der Waals surface area contributed by atoms with E-state index in [1.165, 1.54) is 26.0 Å². The lowest BCUT2D eigenvalue weighted by molar-refractivity contribution is -0.134. The first-order valence-corrected chi connectivity index (χ1v) is 8.49. The molecule has 3 nitrogen and oxygen atoms in total. The van der Waals surface area contributed by atoms with E-state index in [1.54, 1.807) is 0 Å². The molecular formula is C16H24F3NO2S. The third-order valence-corrected chi connectivity index (χ3v) is 4.58. The fourth-order valence-corrected chi connectivity index (χ4v) is 3.15. The lowest BCUT2D eigenvalue weighted by atomic mass is 10.0. The molecule has 1 aromatic rings. The zero-order valence-corrected chi connectivity index (χ0v) is 14.5. The first-order valence-electron chi connectivity index (χ1n) is 7.50. The van der Waals surface area contributed by atoms with Crippen LogP contribution in [0.25, 0.3) is 0 Å². The van der Waals surface area contributed by atoms with Crippen LogP contribution in [0.3, 0.4) is 0 Å².